The quantitative estimate of drug-likeness (QED) is 0.799. The number of fused-ring (bicyclic) bond motifs is 3. The minimum Gasteiger partial charge on any atom is -0.303 e. The molecule has 134 valence electrons. The van der Waals surface area contributed by atoms with Crippen molar-refractivity contribution in [3.8, 4) is 0 Å². The van der Waals surface area contributed by atoms with Gasteiger partial charge in [-0.15, -0.1) is 0 Å². The van der Waals surface area contributed by atoms with E-state index in [4.69, 9.17) is 4.52 Å². The summed E-state index contributed by atoms with van der Waals surface area (Å²) in [6.45, 7) is 0.0440. The number of phosphoric ester groups is 1. The summed E-state index contributed by atoms with van der Waals surface area (Å²) in [6.07, 6.45) is 16.5. The molecule has 4 rings (SSSR count). The van der Waals surface area contributed by atoms with Crippen LogP contribution in [0.2, 0.25) is 0 Å². The van der Waals surface area contributed by atoms with Crippen LogP contribution in [-0.2, 0) is 15.5 Å². The predicted molar refractivity (Wildman–Crippen MR) is 95.0 cm³/mol. The van der Waals surface area contributed by atoms with Gasteiger partial charge in [0.05, 0.1) is 24.6 Å². The normalized spacial score (nSPS) is 19.8. The number of imidazole rings is 1. The number of rotatable bonds is 5. The summed E-state index contributed by atoms with van der Waals surface area (Å²) < 4.78 is 18.4. The van der Waals surface area contributed by atoms with Gasteiger partial charge in [-0.25, -0.2) is 9.55 Å². The van der Waals surface area contributed by atoms with E-state index in [0.717, 1.165) is 30.5 Å². The van der Waals surface area contributed by atoms with Gasteiger partial charge in [-0.2, -0.15) is 0 Å². The van der Waals surface area contributed by atoms with Gasteiger partial charge in [0.25, 0.3) is 0 Å². The molecule has 1 atom stereocenters. The first-order chi connectivity index (χ1) is 12.0. The van der Waals surface area contributed by atoms with Gasteiger partial charge in [-0.3, -0.25) is 4.52 Å². The van der Waals surface area contributed by atoms with Crippen LogP contribution < -0.4 is 5.22 Å². The Morgan fingerprint density at radius 3 is 2.88 bits per heavy atom. The monoisotopic (exact) mass is 362 g/mol. The van der Waals surface area contributed by atoms with Gasteiger partial charge < -0.3 is 14.2 Å². The molecule has 25 heavy (non-hydrogen) atoms. The van der Waals surface area contributed by atoms with Gasteiger partial charge in [0, 0.05) is 16.8 Å². The van der Waals surface area contributed by atoms with E-state index in [1.165, 1.54) is 30.0 Å². The van der Waals surface area contributed by atoms with Crippen molar-refractivity contribution in [3.05, 3.63) is 41.2 Å². The second kappa shape index (κ2) is 6.69. The van der Waals surface area contributed by atoms with Crippen LogP contribution in [0.25, 0.3) is 11.6 Å². The first-order valence-corrected chi connectivity index (χ1v) is 10.4. The molecule has 0 aromatic carbocycles. The fourth-order valence-corrected chi connectivity index (χ4v) is 4.78. The van der Waals surface area contributed by atoms with Crippen molar-refractivity contribution in [2.24, 2.45) is 5.92 Å². The van der Waals surface area contributed by atoms with Crippen molar-refractivity contribution in [1.29, 1.82) is 0 Å². The Hall–Kier alpha value is -1.46. The molecule has 0 spiro atoms. The van der Waals surface area contributed by atoms with E-state index in [1.54, 1.807) is 0 Å². The first-order valence-electron chi connectivity index (χ1n) is 8.88. The molecule has 2 heterocycles. The Labute approximate surface area is 146 Å². The zero-order chi connectivity index (χ0) is 17.4. The zero-order valence-electron chi connectivity index (χ0n) is 14.0. The second-order valence-electron chi connectivity index (χ2n) is 7.02. The third-order valence-corrected chi connectivity index (χ3v) is 6.01. The van der Waals surface area contributed by atoms with Crippen LogP contribution in [0.1, 0.15) is 49.3 Å². The molecule has 2 aromatic heterocycles. The lowest BCUT2D eigenvalue weighted by molar-refractivity contribution is 0.155. The van der Waals surface area contributed by atoms with Gasteiger partial charge in [0.1, 0.15) is 0 Å². The molecule has 7 heteroatoms. The topological polar surface area (TPSA) is 84.1 Å². The molecule has 1 saturated carbocycles. The molecule has 1 fully saturated rings. The smallest absolute Gasteiger partial charge is 0.303 e. The van der Waals surface area contributed by atoms with Crippen molar-refractivity contribution in [3.63, 3.8) is 0 Å². The maximum atomic E-state index is 11.3. The number of hydrogen-bond acceptors (Lipinski definition) is 3. The minimum absolute atomic E-state index is 0.0340. The molecule has 0 aliphatic heterocycles. The maximum Gasteiger partial charge on any atom is 0.469 e. The summed E-state index contributed by atoms with van der Waals surface area (Å²) in [7, 11) is -4.49. The molecule has 0 radical (unpaired) electrons. The molecule has 0 amide bonds. The van der Waals surface area contributed by atoms with Crippen molar-refractivity contribution in [1.82, 2.24) is 9.38 Å². The summed E-state index contributed by atoms with van der Waals surface area (Å²) in [4.78, 5) is 22.7. The van der Waals surface area contributed by atoms with E-state index < -0.39 is 7.82 Å². The summed E-state index contributed by atoms with van der Waals surface area (Å²) in [5.41, 5.74) is 3.42. The fourth-order valence-electron chi connectivity index (χ4n) is 4.43. The van der Waals surface area contributed by atoms with Crippen LogP contribution in [0.3, 0.4) is 0 Å². The lowest BCUT2D eigenvalue weighted by atomic mass is 9.77. The molecule has 6 nitrogen and oxygen atoms in total. The largest absolute Gasteiger partial charge is 0.469 e. The highest BCUT2D eigenvalue weighted by atomic mass is 31.2. The highest BCUT2D eigenvalue weighted by molar-refractivity contribution is 7.46. The van der Waals surface area contributed by atoms with E-state index in [2.05, 4.69) is 27.6 Å². The molecule has 2 N–H and O–H groups in total. The van der Waals surface area contributed by atoms with Crippen LogP contribution in [-0.4, -0.2) is 25.8 Å². The summed E-state index contributed by atoms with van der Waals surface area (Å²) in [5, 5.41) is 1.17. The Kier molecular flexibility index (Phi) is 4.54. The van der Waals surface area contributed by atoms with E-state index >= 15 is 0 Å². The van der Waals surface area contributed by atoms with Gasteiger partial charge in [-0.1, -0.05) is 37.5 Å². The Morgan fingerprint density at radius 1 is 1.32 bits per heavy atom. The average Bonchev–Trinajstić information content (AvgIpc) is 3.17. The van der Waals surface area contributed by atoms with Gasteiger partial charge in [-0.05, 0) is 30.7 Å². The van der Waals surface area contributed by atoms with Crippen LogP contribution in [0.5, 0.6) is 0 Å². The standard InChI is InChI=1S/C18H23N2O4P/c21-25(22,23)24-11-16(13-6-2-1-3-7-13)18-15-9-5-4-8-14(15)17-10-19-12-20(17)18/h4-5,8,10,12-13,16H,1-3,6-7,9,11H2,(H2,21,22,23). The average molecular weight is 362 g/mol. The summed E-state index contributed by atoms with van der Waals surface area (Å²) in [5.74, 6) is 0.344. The predicted octanol–water partition coefficient (Wildman–Crippen LogP) is 2.72. The molecule has 2 aliphatic carbocycles. The fraction of sp³-hybridized carbons (Fsp3) is 0.500. The lowest BCUT2D eigenvalue weighted by Crippen LogP contribution is -2.23. The number of phosphoric acid groups is 1. The lowest BCUT2D eigenvalue weighted by Gasteiger charge is -2.31. The molecular formula is C18H23N2O4P. The molecule has 0 bridgehead atoms. The van der Waals surface area contributed by atoms with E-state index in [1.807, 2.05) is 12.5 Å². The Balaban J connectivity index is 1.80. The maximum absolute atomic E-state index is 11.3. The van der Waals surface area contributed by atoms with E-state index in [-0.39, 0.29) is 12.5 Å². The molecule has 2 aliphatic rings. The van der Waals surface area contributed by atoms with Crippen LogP contribution in [0.15, 0.2) is 24.7 Å². The second-order valence-corrected chi connectivity index (χ2v) is 8.26. The third-order valence-electron chi connectivity index (χ3n) is 5.52. The van der Waals surface area contributed by atoms with Crippen LogP contribution in [0, 0.1) is 5.92 Å². The van der Waals surface area contributed by atoms with Gasteiger partial charge >= 0.3 is 7.82 Å². The Bertz CT molecular complexity index is 892. The molecule has 1 unspecified atom stereocenters. The number of nitrogens with zero attached hydrogens (tertiary/aromatic N) is 2. The highest BCUT2D eigenvalue weighted by Gasteiger charge is 2.32. The number of allylic oxidation sites excluding steroid dienone is 2. The zero-order valence-corrected chi connectivity index (χ0v) is 14.9. The molecule has 2 aromatic rings. The van der Waals surface area contributed by atoms with Crippen LogP contribution >= 0.6 is 7.82 Å². The van der Waals surface area contributed by atoms with Crippen molar-refractivity contribution in [2.75, 3.05) is 6.61 Å². The number of hydrogen-bond donors (Lipinski definition) is 2. The first kappa shape index (κ1) is 17.0. The number of aromatic nitrogens is 2. The molecule has 0 saturated heterocycles. The Morgan fingerprint density at radius 2 is 2.12 bits per heavy atom. The molecular weight excluding hydrogens is 339 g/mol. The van der Waals surface area contributed by atoms with Crippen molar-refractivity contribution >= 4 is 19.4 Å². The highest BCUT2D eigenvalue weighted by Crippen LogP contribution is 2.43. The van der Waals surface area contributed by atoms with Crippen molar-refractivity contribution in [2.45, 2.75) is 44.4 Å². The van der Waals surface area contributed by atoms with Gasteiger partial charge in [0.15, 0.2) is 0 Å². The SMILES string of the molecule is O=P(O)(O)OCC(c1c2c(c3cncn13)=CC=CC2)C1CCCCC1. The van der Waals surface area contributed by atoms with E-state index in [9.17, 15) is 14.4 Å². The van der Waals surface area contributed by atoms with Crippen LogP contribution in [0.4, 0.5) is 0 Å². The van der Waals surface area contributed by atoms with E-state index in [0.29, 0.717) is 5.92 Å². The van der Waals surface area contributed by atoms with Crippen molar-refractivity contribution < 1.29 is 18.9 Å². The minimum atomic E-state index is -4.49. The summed E-state index contributed by atoms with van der Waals surface area (Å²) >= 11 is 0. The summed E-state index contributed by atoms with van der Waals surface area (Å²) in [6, 6.07) is 0. The van der Waals surface area contributed by atoms with Gasteiger partial charge in [0.2, 0.25) is 0 Å². The third kappa shape index (κ3) is 3.32.